The molecule has 1 aliphatic heterocycles. The Kier molecular flexibility index (Phi) is 6.63. The average Bonchev–Trinajstić information content (AvgIpc) is 3.45. The summed E-state index contributed by atoms with van der Waals surface area (Å²) in [6.07, 6.45) is -4.11. The van der Waals surface area contributed by atoms with Gasteiger partial charge in [-0.25, -0.2) is 12.8 Å². The molecule has 1 saturated heterocycles. The summed E-state index contributed by atoms with van der Waals surface area (Å²) in [7, 11) is -3.57. The number of aliphatic hydroxyl groups excluding tert-OH is 1. The molecule has 1 heterocycles. The Hall–Kier alpha value is -2.99. The number of amides is 2. The first kappa shape index (κ1) is 26.1. The molecule has 2 N–H and O–H groups in total. The smallest absolute Gasteiger partial charge is 0.391 e. The standard InChI is InChI=1S/C24H24F4N2O5S/c1-12(31)21(17-7-6-15(11-18(17)25)24(26,27)28)29-22(32)20-10-14-9-19(14)30(20)23(33)13-4-3-5-16(8-13)36(2,34)35/h3-8,11-12,14,19-21,31H,9-10H2,1-2H3,(H,29,32)/t12-,14+,19+,20+,21+/m0/s1. The number of rotatable bonds is 6. The van der Waals surface area contributed by atoms with Gasteiger partial charge in [0.15, 0.2) is 9.84 Å². The summed E-state index contributed by atoms with van der Waals surface area (Å²) in [5, 5.41) is 12.7. The summed E-state index contributed by atoms with van der Waals surface area (Å²) in [5.41, 5.74) is -1.44. The maximum atomic E-state index is 14.6. The highest BCUT2D eigenvalue weighted by Crippen LogP contribution is 2.48. The molecule has 2 aromatic rings. The molecule has 5 atom stereocenters. The van der Waals surface area contributed by atoms with Crippen molar-refractivity contribution in [1.29, 1.82) is 0 Å². The highest BCUT2D eigenvalue weighted by Gasteiger charge is 2.56. The molecule has 36 heavy (non-hydrogen) atoms. The molecule has 1 saturated carbocycles. The Balaban J connectivity index is 1.58. The highest BCUT2D eigenvalue weighted by molar-refractivity contribution is 7.90. The van der Waals surface area contributed by atoms with Gasteiger partial charge in [0.05, 0.1) is 22.6 Å². The van der Waals surface area contributed by atoms with Crippen molar-refractivity contribution in [3.8, 4) is 0 Å². The topological polar surface area (TPSA) is 104 Å². The minimum Gasteiger partial charge on any atom is -0.391 e. The van der Waals surface area contributed by atoms with E-state index in [1.54, 1.807) is 0 Å². The van der Waals surface area contributed by atoms with Gasteiger partial charge in [-0.15, -0.1) is 0 Å². The SMILES string of the molecule is C[C@H](O)[C@@H](NC(=O)[C@H]1C[C@H]2C[C@H]2N1C(=O)c1cccc(S(C)(=O)=O)c1)c1ccc(C(F)(F)F)cc1F. The van der Waals surface area contributed by atoms with Crippen molar-refractivity contribution in [2.75, 3.05) is 6.26 Å². The van der Waals surface area contributed by atoms with Gasteiger partial charge in [-0.05, 0) is 56.0 Å². The second-order valence-corrected chi connectivity index (χ2v) is 11.3. The third kappa shape index (κ3) is 5.10. The predicted molar refractivity (Wildman–Crippen MR) is 120 cm³/mol. The van der Waals surface area contributed by atoms with Gasteiger partial charge in [0.1, 0.15) is 11.9 Å². The molecular formula is C24H24F4N2O5S. The van der Waals surface area contributed by atoms with Gasteiger partial charge < -0.3 is 15.3 Å². The fourth-order valence-corrected chi connectivity index (χ4v) is 5.32. The van der Waals surface area contributed by atoms with E-state index < -0.39 is 57.4 Å². The Bertz CT molecular complexity index is 1310. The van der Waals surface area contributed by atoms with Crippen LogP contribution in [0, 0.1) is 11.7 Å². The summed E-state index contributed by atoms with van der Waals surface area (Å²) < 4.78 is 77.1. The van der Waals surface area contributed by atoms with E-state index in [2.05, 4.69) is 5.32 Å². The highest BCUT2D eigenvalue weighted by atomic mass is 32.2. The van der Waals surface area contributed by atoms with E-state index in [9.17, 15) is 40.7 Å². The van der Waals surface area contributed by atoms with E-state index in [4.69, 9.17) is 0 Å². The molecule has 2 aromatic carbocycles. The molecule has 194 valence electrons. The van der Waals surface area contributed by atoms with Crippen molar-refractivity contribution in [2.24, 2.45) is 5.92 Å². The monoisotopic (exact) mass is 528 g/mol. The van der Waals surface area contributed by atoms with E-state index in [0.717, 1.165) is 12.3 Å². The zero-order valence-corrected chi connectivity index (χ0v) is 20.1. The third-order valence-corrected chi connectivity index (χ3v) is 7.70. The number of fused-ring (bicyclic) bond motifs is 1. The molecule has 0 unspecified atom stereocenters. The zero-order chi connectivity index (χ0) is 26.6. The fourth-order valence-electron chi connectivity index (χ4n) is 4.65. The minimum atomic E-state index is -4.76. The molecular weight excluding hydrogens is 504 g/mol. The van der Waals surface area contributed by atoms with Crippen LogP contribution in [0.2, 0.25) is 0 Å². The van der Waals surface area contributed by atoms with Crippen LogP contribution in [-0.4, -0.2) is 54.7 Å². The molecule has 0 aromatic heterocycles. The number of sulfone groups is 1. The molecule has 4 rings (SSSR count). The van der Waals surface area contributed by atoms with Gasteiger partial charge in [0.2, 0.25) is 5.91 Å². The number of likely N-dealkylation sites (tertiary alicyclic amines) is 1. The number of alkyl halides is 3. The first-order chi connectivity index (χ1) is 16.7. The Morgan fingerprint density at radius 3 is 2.42 bits per heavy atom. The van der Waals surface area contributed by atoms with Crippen molar-refractivity contribution in [1.82, 2.24) is 10.2 Å². The predicted octanol–water partition coefficient (Wildman–Crippen LogP) is 3.09. The molecule has 12 heteroatoms. The zero-order valence-electron chi connectivity index (χ0n) is 19.3. The minimum absolute atomic E-state index is 0.0483. The molecule has 7 nitrogen and oxygen atoms in total. The summed E-state index contributed by atoms with van der Waals surface area (Å²) in [6.45, 7) is 1.26. The quantitative estimate of drug-likeness (QED) is 0.561. The second kappa shape index (κ2) is 9.15. The Labute approximate surface area is 205 Å². The summed E-state index contributed by atoms with van der Waals surface area (Å²) in [4.78, 5) is 27.8. The largest absolute Gasteiger partial charge is 0.416 e. The van der Waals surface area contributed by atoms with Gasteiger partial charge in [0.25, 0.3) is 5.91 Å². The van der Waals surface area contributed by atoms with E-state index in [1.165, 1.54) is 36.1 Å². The van der Waals surface area contributed by atoms with E-state index in [1.807, 2.05) is 0 Å². The first-order valence-electron chi connectivity index (χ1n) is 11.2. The van der Waals surface area contributed by atoms with Crippen LogP contribution < -0.4 is 5.32 Å². The maximum absolute atomic E-state index is 14.6. The number of carbonyl (C=O) groups is 2. The van der Waals surface area contributed by atoms with Crippen LogP contribution in [0.3, 0.4) is 0 Å². The molecule has 2 aliphatic rings. The van der Waals surface area contributed by atoms with Gasteiger partial charge in [-0.2, -0.15) is 13.2 Å². The van der Waals surface area contributed by atoms with Gasteiger partial charge in [0, 0.05) is 23.4 Å². The molecule has 1 aliphatic carbocycles. The maximum Gasteiger partial charge on any atom is 0.416 e. The normalized spacial score (nSPS) is 23.1. The summed E-state index contributed by atoms with van der Waals surface area (Å²) in [5.74, 6) is -2.41. The lowest BCUT2D eigenvalue weighted by atomic mass is 9.99. The fraction of sp³-hybridized carbons (Fsp3) is 0.417. The number of hydrogen-bond donors (Lipinski definition) is 2. The molecule has 0 radical (unpaired) electrons. The second-order valence-electron chi connectivity index (χ2n) is 9.29. The van der Waals surface area contributed by atoms with Crippen molar-refractivity contribution in [2.45, 2.75) is 55.1 Å². The average molecular weight is 529 g/mol. The number of hydrogen-bond acceptors (Lipinski definition) is 5. The summed E-state index contributed by atoms with van der Waals surface area (Å²) >= 11 is 0. The van der Waals surface area contributed by atoms with E-state index in [0.29, 0.717) is 25.0 Å². The summed E-state index contributed by atoms with van der Waals surface area (Å²) in [6, 6.07) is 4.73. The lowest BCUT2D eigenvalue weighted by molar-refractivity contribution is -0.137. The lowest BCUT2D eigenvalue weighted by Gasteiger charge is -2.30. The van der Waals surface area contributed by atoms with Crippen LogP contribution in [-0.2, 0) is 20.8 Å². The Morgan fingerprint density at radius 2 is 1.83 bits per heavy atom. The van der Waals surface area contributed by atoms with Crippen LogP contribution in [0.5, 0.6) is 0 Å². The van der Waals surface area contributed by atoms with E-state index >= 15 is 0 Å². The number of piperidine rings is 1. The van der Waals surface area contributed by atoms with Gasteiger partial charge in [-0.1, -0.05) is 12.1 Å². The van der Waals surface area contributed by atoms with E-state index in [-0.39, 0.29) is 28.0 Å². The number of nitrogens with zero attached hydrogens (tertiary/aromatic N) is 1. The Morgan fingerprint density at radius 1 is 1.14 bits per heavy atom. The molecule has 0 bridgehead atoms. The van der Waals surface area contributed by atoms with Crippen molar-refractivity contribution in [3.05, 3.63) is 65.0 Å². The van der Waals surface area contributed by atoms with Crippen molar-refractivity contribution in [3.63, 3.8) is 0 Å². The van der Waals surface area contributed by atoms with Gasteiger partial charge in [-0.3, -0.25) is 9.59 Å². The van der Waals surface area contributed by atoms with Crippen LogP contribution >= 0.6 is 0 Å². The van der Waals surface area contributed by atoms with Crippen LogP contribution in [0.1, 0.15) is 47.3 Å². The van der Waals surface area contributed by atoms with Gasteiger partial charge >= 0.3 is 6.18 Å². The number of carbonyl (C=O) groups excluding carboxylic acids is 2. The molecule has 2 amide bonds. The lowest BCUT2D eigenvalue weighted by Crippen LogP contribution is -2.50. The number of halogens is 4. The van der Waals surface area contributed by atoms with Crippen molar-refractivity contribution >= 4 is 21.7 Å². The number of nitrogens with one attached hydrogen (secondary N) is 1. The molecule has 2 fully saturated rings. The van der Waals surface area contributed by atoms with Crippen LogP contribution in [0.25, 0.3) is 0 Å². The molecule has 0 spiro atoms. The number of benzene rings is 2. The third-order valence-electron chi connectivity index (χ3n) is 6.59. The van der Waals surface area contributed by atoms with Crippen molar-refractivity contribution < 1.29 is 40.7 Å². The first-order valence-corrected chi connectivity index (χ1v) is 13.1. The van der Waals surface area contributed by atoms with Crippen LogP contribution in [0.15, 0.2) is 47.4 Å². The van der Waals surface area contributed by atoms with Crippen LogP contribution in [0.4, 0.5) is 17.6 Å². The number of aliphatic hydroxyl groups is 1.